The van der Waals surface area contributed by atoms with Gasteiger partial charge >= 0.3 is 0 Å². The summed E-state index contributed by atoms with van der Waals surface area (Å²) in [6.45, 7) is 9.62. The van der Waals surface area contributed by atoms with E-state index in [-0.39, 0.29) is 30.1 Å². The van der Waals surface area contributed by atoms with Crippen LogP contribution in [0.25, 0.3) is 0 Å². The topological polar surface area (TPSA) is 64.2 Å². The highest BCUT2D eigenvalue weighted by Crippen LogP contribution is 2.34. The van der Waals surface area contributed by atoms with Crippen molar-refractivity contribution in [3.8, 4) is 0 Å². The molecule has 0 aliphatic carbocycles. The molecule has 3 heterocycles. The second-order valence-corrected chi connectivity index (χ2v) is 8.53. The average Bonchev–Trinajstić information content (AvgIpc) is 3.36. The molecular formula is C23H32N4O3. The van der Waals surface area contributed by atoms with Crippen LogP contribution in [0.15, 0.2) is 18.2 Å². The summed E-state index contributed by atoms with van der Waals surface area (Å²) in [4.78, 5) is 45.7. The SMILES string of the molecule is CCCN1CCN(C(=O)[C@@H]2CC(=O)N(c3ccc4c(c3)CCN4C(=O)CC)C2)CC1. The maximum absolute atomic E-state index is 13.0. The fourth-order valence-corrected chi connectivity index (χ4v) is 4.89. The van der Waals surface area contributed by atoms with E-state index in [0.717, 1.165) is 62.5 Å². The lowest BCUT2D eigenvalue weighted by Gasteiger charge is -2.35. The highest BCUT2D eigenvalue weighted by atomic mass is 16.2. The third-order valence-electron chi connectivity index (χ3n) is 6.57. The summed E-state index contributed by atoms with van der Waals surface area (Å²) < 4.78 is 0. The smallest absolute Gasteiger partial charge is 0.228 e. The van der Waals surface area contributed by atoms with E-state index in [2.05, 4.69) is 11.8 Å². The predicted molar refractivity (Wildman–Crippen MR) is 117 cm³/mol. The summed E-state index contributed by atoms with van der Waals surface area (Å²) in [5.41, 5.74) is 2.89. The molecule has 3 aliphatic heterocycles. The Labute approximate surface area is 178 Å². The first kappa shape index (κ1) is 20.8. The normalized spacial score (nSPS) is 22.0. The van der Waals surface area contributed by atoms with Crippen molar-refractivity contribution in [2.24, 2.45) is 5.92 Å². The quantitative estimate of drug-likeness (QED) is 0.741. The molecule has 0 N–H and O–H groups in total. The van der Waals surface area contributed by atoms with E-state index >= 15 is 0 Å². The van der Waals surface area contributed by atoms with Crippen molar-refractivity contribution < 1.29 is 14.4 Å². The molecule has 0 saturated carbocycles. The van der Waals surface area contributed by atoms with Crippen molar-refractivity contribution in [1.29, 1.82) is 0 Å². The van der Waals surface area contributed by atoms with Gasteiger partial charge in [0.15, 0.2) is 0 Å². The van der Waals surface area contributed by atoms with Gasteiger partial charge < -0.3 is 14.7 Å². The van der Waals surface area contributed by atoms with E-state index in [9.17, 15) is 14.4 Å². The van der Waals surface area contributed by atoms with Crippen LogP contribution < -0.4 is 9.80 Å². The van der Waals surface area contributed by atoms with Crippen LogP contribution in [0.3, 0.4) is 0 Å². The molecule has 3 amide bonds. The van der Waals surface area contributed by atoms with Crippen molar-refractivity contribution >= 4 is 29.1 Å². The third kappa shape index (κ3) is 3.95. The lowest BCUT2D eigenvalue weighted by molar-refractivity contribution is -0.137. The molecule has 3 aliphatic rings. The minimum absolute atomic E-state index is 0.0115. The van der Waals surface area contributed by atoms with Crippen LogP contribution >= 0.6 is 0 Å². The van der Waals surface area contributed by atoms with Gasteiger partial charge in [0.1, 0.15) is 0 Å². The molecule has 4 rings (SSSR count). The van der Waals surface area contributed by atoms with Gasteiger partial charge in [-0.15, -0.1) is 0 Å². The van der Waals surface area contributed by atoms with Crippen LogP contribution in [0.4, 0.5) is 11.4 Å². The Morgan fingerprint density at radius 3 is 2.53 bits per heavy atom. The zero-order chi connectivity index (χ0) is 21.3. The lowest BCUT2D eigenvalue weighted by Crippen LogP contribution is -2.50. The van der Waals surface area contributed by atoms with Gasteiger partial charge in [0.25, 0.3) is 0 Å². The van der Waals surface area contributed by atoms with Crippen LogP contribution in [0, 0.1) is 5.92 Å². The van der Waals surface area contributed by atoms with Gasteiger partial charge in [0, 0.05) is 63.5 Å². The van der Waals surface area contributed by atoms with Crippen molar-refractivity contribution in [3.63, 3.8) is 0 Å². The van der Waals surface area contributed by atoms with Crippen molar-refractivity contribution in [3.05, 3.63) is 23.8 Å². The summed E-state index contributed by atoms with van der Waals surface area (Å²) in [6, 6.07) is 5.88. The summed E-state index contributed by atoms with van der Waals surface area (Å²) in [6.07, 6.45) is 2.71. The third-order valence-corrected chi connectivity index (χ3v) is 6.57. The van der Waals surface area contributed by atoms with E-state index in [0.29, 0.717) is 19.5 Å². The first-order valence-electron chi connectivity index (χ1n) is 11.3. The number of carbonyl (C=O) groups is 3. The predicted octanol–water partition coefficient (Wildman–Crippen LogP) is 1.89. The molecule has 2 fully saturated rings. The lowest BCUT2D eigenvalue weighted by atomic mass is 10.1. The molecule has 1 aromatic carbocycles. The average molecular weight is 413 g/mol. The van der Waals surface area contributed by atoms with Gasteiger partial charge in [0.2, 0.25) is 17.7 Å². The molecule has 30 heavy (non-hydrogen) atoms. The Morgan fingerprint density at radius 2 is 1.83 bits per heavy atom. The van der Waals surface area contributed by atoms with Crippen LogP contribution in [-0.4, -0.2) is 73.3 Å². The number of carbonyl (C=O) groups excluding carboxylic acids is 3. The number of anilines is 2. The van der Waals surface area contributed by atoms with Crippen LogP contribution in [0.1, 0.15) is 38.7 Å². The van der Waals surface area contributed by atoms with Crippen molar-refractivity contribution in [2.45, 2.75) is 39.5 Å². The monoisotopic (exact) mass is 412 g/mol. The highest BCUT2D eigenvalue weighted by Gasteiger charge is 2.38. The van der Waals surface area contributed by atoms with E-state index in [4.69, 9.17) is 0 Å². The van der Waals surface area contributed by atoms with Crippen LogP contribution in [0.5, 0.6) is 0 Å². The van der Waals surface area contributed by atoms with E-state index < -0.39 is 0 Å². The van der Waals surface area contributed by atoms with Crippen LogP contribution in [0.2, 0.25) is 0 Å². The Balaban J connectivity index is 1.41. The Hall–Kier alpha value is -2.41. The molecular weight excluding hydrogens is 380 g/mol. The maximum atomic E-state index is 13.0. The number of nitrogens with zero attached hydrogens (tertiary/aromatic N) is 4. The first-order chi connectivity index (χ1) is 14.5. The Bertz CT molecular complexity index is 832. The fourth-order valence-electron chi connectivity index (χ4n) is 4.89. The molecule has 7 heteroatoms. The Morgan fingerprint density at radius 1 is 1.07 bits per heavy atom. The first-order valence-corrected chi connectivity index (χ1v) is 11.3. The van der Waals surface area contributed by atoms with E-state index in [1.165, 1.54) is 0 Å². The number of fused-ring (bicyclic) bond motifs is 1. The second-order valence-electron chi connectivity index (χ2n) is 8.53. The molecule has 0 spiro atoms. The van der Waals surface area contributed by atoms with Gasteiger partial charge in [-0.3, -0.25) is 19.3 Å². The summed E-state index contributed by atoms with van der Waals surface area (Å²) >= 11 is 0. The van der Waals surface area contributed by atoms with Gasteiger partial charge in [-0.1, -0.05) is 13.8 Å². The van der Waals surface area contributed by atoms with Crippen molar-refractivity contribution in [2.75, 3.05) is 55.6 Å². The minimum atomic E-state index is -0.262. The molecule has 0 aromatic heterocycles. The molecule has 7 nitrogen and oxygen atoms in total. The van der Waals surface area contributed by atoms with Gasteiger partial charge in [-0.25, -0.2) is 0 Å². The zero-order valence-corrected chi connectivity index (χ0v) is 18.1. The molecule has 1 atom stereocenters. The Kier molecular flexibility index (Phi) is 6.09. The summed E-state index contributed by atoms with van der Waals surface area (Å²) in [5, 5.41) is 0. The number of rotatable bonds is 5. The van der Waals surface area contributed by atoms with Crippen molar-refractivity contribution in [1.82, 2.24) is 9.80 Å². The second kappa shape index (κ2) is 8.76. The number of piperazine rings is 1. The number of amides is 3. The maximum Gasteiger partial charge on any atom is 0.228 e. The van der Waals surface area contributed by atoms with E-state index in [1.807, 2.05) is 34.9 Å². The van der Waals surface area contributed by atoms with Gasteiger partial charge in [-0.2, -0.15) is 0 Å². The van der Waals surface area contributed by atoms with Gasteiger partial charge in [0.05, 0.1) is 5.92 Å². The summed E-state index contributed by atoms with van der Waals surface area (Å²) in [5.74, 6) is -0.00891. The fraction of sp³-hybridized carbons (Fsp3) is 0.609. The summed E-state index contributed by atoms with van der Waals surface area (Å²) in [7, 11) is 0. The van der Waals surface area contributed by atoms with Crippen LogP contribution in [-0.2, 0) is 20.8 Å². The molecule has 0 radical (unpaired) electrons. The number of hydrogen-bond donors (Lipinski definition) is 0. The zero-order valence-electron chi connectivity index (χ0n) is 18.1. The molecule has 2 saturated heterocycles. The van der Waals surface area contributed by atoms with E-state index in [1.54, 1.807) is 4.90 Å². The minimum Gasteiger partial charge on any atom is -0.340 e. The highest BCUT2D eigenvalue weighted by molar-refractivity contribution is 6.01. The van der Waals surface area contributed by atoms with Gasteiger partial charge in [-0.05, 0) is 43.1 Å². The molecule has 0 bridgehead atoms. The standard InChI is InChI=1S/C23H32N4O3/c1-3-8-24-10-12-25(13-11-24)23(30)18-15-22(29)27(16-18)19-5-6-20-17(14-19)7-9-26(20)21(28)4-2/h5-6,14,18H,3-4,7-13,15-16H2,1-2H3/t18-/m1/s1. The number of hydrogen-bond acceptors (Lipinski definition) is 4. The largest absolute Gasteiger partial charge is 0.340 e. The molecule has 1 aromatic rings. The molecule has 0 unspecified atom stereocenters. The number of benzene rings is 1. The molecule has 162 valence electrons.